The van der Waals surface area contributed by atoms with Crippen molar-refractivity contribution in [1.82, 2.24) is 4.31 Å². The minimum Gasteiger partial charge on any atom is -0.380 e. The summed E-state index contributed by atoms with van der Waals surface area (Å²) in [6.45, 7) is 1.03. The maximum Gasteiger partial charge on any atom is 0.252 e. The molecule has 0 spiro atoms. The van der Waals surface area contributed by atoms with Gasteiger partial charge in [0, 0.05) is 24.9 Å². The van der Waals surface area contributed by atoms with Gasteiger partial charge in [0.25, 0.3) is 10.0 Å². The van der Waals surface area contributed by atoms with Crippen molar-refractivity contribution in [3.05, 3.63) is 30.3 Å². The number of piperidine rings is 1. The number of ether oxygens (including phenoxy) is 1. The number of hydrogen-bond acceptors (Lipinski definition) is 4. The van der Waals surface area contributed by atoms with Crippen LogP contribution in [0.3, 0.4) is 0 Å². The van der Waals surface area contributed by atoms with Gasteiger partial charge < -0.3 is 4.74 Å². The number of nitrogens with zero attached hydrogens (tertiary/aromatic N) is 1. The first-order chi connectivity index (χ1) is 9.61. The maximum atomic E-state index is 12.7. The molecule has 1 aromatic heterocycles. The van der Waals surface area contributed by atoms with Crippen molar-refractivity contribution in [2.75, 3.05) is 20.2 Å². The van der Waals surface area contributed by atoms with Gasteiger partial charge in [-0.05, 0) is 30.4 Å². The molecule has 1 unspecified atom stereocenters. The summed E-state index contributed by atoms with van der Waals surface area (Å²) >= 11 is 1.34. The highest BCUT2D eigenvalue weighted by atomic mass is 32.2. The van der Waals surface area contributed by atoms with Crippen LogP contribution in [-0.2, 0) is 14.8 Å². The third kappa shape index (κ3) is 2.48. The number of fused-ring (bicyclic) bond motifs is 1. The molecule has 0 N–H and O–H groups in total. The third-order valence-electron chi connectivity index (χ3n) is 3.67. The van der Waals surface area contributed by atoms with Gasteiger partial charge in [-0.25, -0.2) is 8.42 Å². The lowest BCUT2D eigenvalue weighted by Crippen LogP contribution is -2.42. The van der Waals surface area contributed by atoms with E-state index in [-0.39, 0.29) is 6.10 Å². The van der Waals surface area contributed by atoms with E-state index >= 15 is 0 Å². The molecule has 1 fully saturated rings. The van der Waals surface area contributed by atoms with Crippen molar-refractivity contribution in [3.63, 3.8) is 0 Å². The van der Waals surface area contributed by atoms with E-state index in [1.807, 2.05) is 24.3 Å². The zero-order chi connectivity index (χ0) is 14.2. The second-order valence-corrected chi connectivity index (χ2v) is 8.21. The van der Waals surface area contributed by atoms with E-state index < -0.39 is 10.0 Å². The van der Waals surface area contributed by atoms with Crippen LogP contribution < -0.4 is 0 Å². The molecule has 0 saturated carbocycles. The van der Waals surface area contributed by atoms with Crippen LogP contribution in [0.5, 0.6) is 0 Å². The van der Waals surface area contributed by atoms with E-state index in [0.717, 1.165) is 22.9 Å². The summed E-state index contributed by atoms with van der Waals surface area (Å²) in [5.74, 6) is 0. The molecule has 3 rings (SSSR count). The van der Waals surface area contributed by atoms with Gasteiger partial charge in [0.05, 0.1) is 6.10 Å². The molecule has 1 aliphatic heterocycles. The maximum absolute atomic E-state index is 12.7. The lowest BCUT2D eigenvalue weighted by Gasteiger charge is -2.30. The van der Waals surface area contributed by atoms with Crippen molar-refractivity contribution in [3.8, 4) is 0 Å². The number of thiophene rings is 1. The molecule has 1 saturated heterocycles. The Morgan fingerprint density at radius 1 is 1.35 bits per heavy atom. The van der Waals surface area contributed by atoms with Crippen LogP contribution in [0, 0.1) is 0 Å². The normalized spacial score (nSPS) is 21.4. The van der Waals surface area contributed by atoms with Crippen LogP contribution in [0.15, 0.2) is 34.5 Å². The summed E-state index contributed by atoms with van der Waals surface area (Å²) in [5.41, 5.74) is 0. The molecule has 0 bridgehead atoms. The molecule has 6 heteroatoms. The van der Waals surface area contributed by atoms with Crippen LogP contribution in [-0.4, -0.2) is 39.0 Å². The molecule has 20 heavy (non-hydrogen) atoms. The van der Waals surface area contributed by atoms with E-state index in [0.29, 0.717) is 17.3 Å². The van der Waals surface area contributed by atoms with Gasteiger partial charge in [-0.15, -0.1) is 11.3 Å². The summed E-state index contributed by atoms with van der Waals surface area (Å²) in [6, 6.07) is 9.52. The lowest BCUT2D eigenvalue weighted by molar-refractivity contribution is 0.0572. The number of hydrogen-bond donors (Lipinski definition) is 0. The highest BCUT2D eigenvalue weighted by Crippen LogP contribution is 2.32. The van der Waals surface area contributed by atoms with Crippen LogP contribution in [0.4, 0.5) is 0 Å². The quantitative estimate of drug-likeness (QED) is 0.875. The molecular weight excluding hydrogens is 294 g/mol. The Balaban J connectivity index is 1.94. The predicted octanol–water partition coefficient (Wildman–Crippen LogP) is 2.70. The average Bonchev–Trinajstić information content (AvgIpc) is 2.92. The van der Waals surface area contributed by atoms with Crippen LogP contribution in [0.1, 0.15) is 12.8 Å². The number of rotatable bonds is 3. The van der Waals surface area contributed by atoms with Crippen molar-refractivity contribution < 1.29 is 13.2 Å². The fraction of sp³-hybridized carbons (Fsp3) is 0.429. The van der Waals surface area contributed by atoms with Gasteiger partial charge in [-0.3, -0.25) is 0 Å². The van der Waals surface area contributed by atoms with Crippen LogP contribution >= 0.6 is 11.3 Å². The Hall–Kier alpha value is -0.950. The molecule has 4 nitrogen and oxygen atoms in total. The number of benzene rings is 1. The lowest BCUT2D eigenvalue weighted by atomic mass is 10.1. The Kier molecular flexibility index (Phi) is 3.81. The standard InChI is InChI=1S/C14H17NO3S2/c1-18-12-6-4-8-15(10-12)20(16,17)14-9-11-5-2-3-7-13(11)19-14/h2-3,5,7,9,12H,4,6,8,10H2,1H3. The molecule has 2 heterocycles. The smallest absolute Gasteiger partial charge is 0.252 e. The third-order valence-corrected chi connectivity index (χ3v) is 7.10. The highest BCUT2D eigenvalue weighted by molar-refractivity contribution is 7.91. The van der Waals surface area contributed by atoms with Gasteiger partial charge in [-0.1, -0.05) is 18.2 Å². The Morgan fingerprint density at radius 3 is 2.90 bits per heavy atom. The largest absolute Gasteiger partial charge is 0.380 e. The monoisotopic (exact) mass is 311 g/mol. The first-order valence-electron chi connectivity index (χ1n) is 6.63. The minimum atomic E-state index is -3.40. The van der Waals surface area contributed by atoms with Crippen molar-refractivity contribution in [2.45, 2.75) is 23.2 Å². The molecule has 1 aromatic carbocycles. The van der Waals surface area contributed by atoms with Crippen LogP contribution in [0.2, 0.25) is 0 Å². The average molecular weight is 311 g/mol. The number of methoxy groups -OCH3 is 1. The fourth-order valence-corrected chi connectivity index (χ4v) is 5.59. The summed E-state index contributed by atoms with van der Waals surface area (Å²) < 4.78 is 33.7. The minimum absolute atomic E-state index is 0.00732. The van der Waals surface area contributed by atoms with Gasteiger partial charge in [-0.2, -0.15) is 4.31 Å². The topological polar surface area (TPSA) is 46.6 Å². The summed E-state index contributed by atoms with van der Waals surface area (Å²) in [4.78, 5) is 0. The SMILES string of the molecule is COC1CCCN(S(=O)(=O)c2cc3ccccc3s2)C1. The molecule has 1 atom stereocenters. The molecule has 0 aliphatic carbocycles. The molecule has 2 aromatic rings. The molecular formula is C14H17NO3S2. The van der Waals surface area contributed by atoms with E-state index in [4.69, 9.17) is 4.74 Å². The van der Waals surface area contributed by atoms with E-state index in [1.165, 1.54) is 11.3 Å². The molecule has 1 aliphatic rings. The van der Waals surface area contributed by atoms with Gasteiger partial charge in [0.15, 0.2) is 0 Å². The Bertz CT molecular complexity index is 675. The Morgan fingerprint density at radius 2 is 2.15 bits per heavy atom. The van der Waals surface area contributed by atoms with Crippen molar-refractivity contribution in [1.29, 1.82) is 0 Å². The second-order valence-electron chi connectivity index (χ2n) is 4.97. The first-order valence-corrected chi connectivity index (χ1v) is 8.88. The van der Waals surface area contributed by atoms with Gasteiger partial charge in [0.1, 0.15) is 4.21 Å². The molecule has 108 valence electrons. The second kappa shape index (κ2) is 5.44. The van der Waals surface area contributed by atoms with E-state index in [2.05, 4.69) is 0 Å². The summed E-state index contributed by atoms with van der Waals surface area (Å²) in [7, 11) is -1.76. The van der Waals surface area contributed by atoms with Gasteiger partial charge in [0.2, 0.25) is 0 Å². The van der Waals surface area contributed by atoms with Crippen molar-refractivity contribution >= 4 is 31.4 Å². The zero-order valence-electron chi connectivity index (χ0n) is 11.3. The Labute approximate surface area is 123 Å². The van der Waals surface area contributed by atoms with E-state index in [1.54, 1.807) is 17.5 Å². The predicted molar refractivity (Wildman–Crippen MR) is 80.6 cm³/mol. The van der Waals surface area contributed by atoms with Crippen LogP contribution in [0.25, 0.3) is 10.1 Å². The van der Waals surface area contributed by atoms with Gasteiger partial charge >= 0.3 is 0 Å². The highest BCUT2D eigenvalue weighted by Gasteiger charge is 2.31. The summed E-state index contributed by atoms with van der Waals surface area (Å²) in [5, 5.41) is 0.983. The summed E-state index contributed by atoms with van der Waals surface area (Å²) in [6.07, 6.45) is 1.78. The first kappa shape index (κ1) is 14.0. The van der Waals surface area contributed by atoms with E-state index in [9.17, 15) is 8.42 Å². The zero-order valence-corrected chi connectivity index (χ0v) is 12.9. The van der Waals surface area contributed by atoms with Crippen molar-refractivity contribution in [2.24, 2.45) is 0 Å². The molecule has 0 amide bonds. The fourth-order valence-electron chi connectivity index (χ4n) is 2.53. The number of sulfonamides is 1. The molecule has 0 radical (unpaired) electrons.